The zero-order valence-corrected chi connectivity index (χ0v) is 12.5. The SMILES string of the molecule is Fc1ccc(NCc2ccccc2N2CCCC2)cc1Cl. The van der Waals surface area contributed by atoms with Crippen LogP contribution in [0, 0.1) is 5.82 Å². The van der Waals surface area contributed by atoms with Gasteiger partial charge in [0.2, 0.25) is 0 Å². The van der Waals surface area contributed by atoms with Gasteiger partial charge >= 0.3 is 0 Å². The Labute approximate surface area is 129 Å². The predicted octanol–water partition coefficient (Wildman–Crippen LogP) is 4.69. The van der Waals surface area contributed by atoms with Crippen molar-refractivity contribution in [2.75, 3.05) is 23.3 Å². The second-order valence-electron chi connectivity index (χ2n) is 5.31. The molecule has 0 aromatic heterocycles. The van der Waals surface area contributed by atoms with Crippen molar-refractivity contribution in [2.45, 2.75) is 19.4 Å². The zero-order chi connectivity index (χ0) is 14.7. The van der Waals surface area contributed by atoms with Gasteiger partial charge in [0.25, 0.3) is 0 Å². The minimum Gasteiger partial charge on any atom is -0.381 e. The number of hydrogen-bond acceptors (Lipinski definition) is 2. The molecule has 1 saturated heterocycles. The van der Waals surface area contributed by atoms with Gasteiger partial charge in [-0.1, -0.05) is 29.8 Å². The van der Waals surface area contributed by atoms with Crippen LogP contribution in [0.25, 0.3) is 0 Å². The maximum absolute atomic E-state index is 13.2. The van der Waals surface area contributed by atoms with Crippen LogP contribution in [0.2, 0.25) is 5.02 Å². The zero-order valence-electron chi connectivity index (χ0n) is 11.8. The van der Waals surface area contributed by atoms with Crippen LogP contribution in [0.5, 0.6) is 0 Å². The number of rotatable bonds is 4. The molecule has 1 N–H and O–H groups in total. The smallest absolute Gasteiger partial charge is 0.141 e. The molecule has 21 heavy (non-hydrogen) atoms. The number of hydrogen-bond donors (Lipinski definition) is 1. The third kappa shape index (κ3) is 3.30. The molecule has 2 aromatic carbocycles. The third-order valence-electron chi connectivity index (χ3n) is 3.84. The van der Waals surface area contributed by atoms with Gasteiger partial charge in [0.05, 0.1) is 5.02 Å². The molecule has 1 aliphatic heterocycles. The number of benzene rings is 2. The molecule has 110 valence electrons. The lowest BCUT2D eigenvalue weighted by molar-refractivity contribution is 0.628. The van der Waals surface area contributed by atoms with Gasteiger partial charge in [0.1, 0.15) is 5.82 Å². The summed E-state index contributed by atoms with van der Waals surface area (Å²) in [6.07, 6.45) is 2.52. The molecule has 0 unspecified atom stereocenters. The number of nitrogens with one attached hydrogen (secondary N) is 1. The summed E-state index contributed by atoms with van der Waals surface area (Å²) >= 11 is 5.81. The van der Waals surface area contributed by atoms with Crippen LogP contribution < -0.4 is 10.2 Å². The standard InChI is InChI=1S/C17H18ClFN2/c18-15-11-14(7-8-16(15)19)20-12-13-5-1-2-6-17(13)21-9-3-4-10-21/h1-2,5-8,11,20H,3-4,9-10,12H2. The molecular formula is C17H18ClFN2. The molecule has 0 aliphatic carbocycles. The molecule has 2 aromatic rings. The molecule has 4 heteroatoms. The topological polar surface area (TPSA) is 15.3 Å². The number of para-hydroxylation sites is 1. The molecule has 2 nitrogen and oxygen atoms in total. The van der Waals surface area contributed by atoms with E-state index < -0.39 is 0 Å². The lowest BCUT2D eigenvalue weighted by Gasteiger charge is -2.21. The second-order valence-corrected chi connectivity index (χ2v) is 5.71. The molecule has 1 fully saturated rings. The van der Waals surface area contributed by atoms with Crippen molar-refractivity contribution in [1.29, 1.82) is 0 Å². The maximum atomic E-state index is 13.2. The number of anilines is 2. The first-order valence-corrected chi connectivity index (χ1v) is 7.63. The highest BCUT2D eigenvalue weighted by molar-refractivity contribution is 6.31. The summed E-state index contributed by atoms with van der Waals surface area (Å²) in [7, 11) is 0. The van der Waals surface area contributed by atoms with Crippen molar-refractivity contribution in [3.8, 4) is 0 Å². The second kappa shape index (κ2) is 6.35. The van der Waals surface area contributed by atoms with Gasteiger partial charge < -0.3 is 10.2 Å². The summed E-state index contributed by atoms with van der Waals surface area (Å²) in [5, 5.41) is 3.46. The highest BCUT2D eigenvalue weighted by Gasteiger charge is 2.15. The molecule has 0 bridgehead atoms. The van der Waals surface area contributed by atoms with E-state index >= 15 is 0 Å². The van der Waals surface area contributed by atoms with Gasteiger partial charge in [0.15, 0.2) is 0 Å². The molecule has 1 heterocycles. The number of nitrogens with zero attached hydrogens (tertiary/aromatic N) is 1. The van der Waals surface area contributed by atoms with Gasteiger partial charge in [-0.05, 0) is 42.7 Å². The van der Waals surface area contributed by atoms with Gasteiger partial charge in [-0.25, -0.2) is 4.39 Å². The molecule has 0 radical (unpaired) electrons. The van der Waals surface area contributed by atoms with Gasteiger partial charge in [-0.2, -0.15) is 0 Å². The Morgan fingerprint density at radius 1 is 1.10 bits per heavy atom. The van der Waals surface area contributed by atoms with E-state index in [0.29, 0.717) is 6.54 Å². The predicted molar refractivity (Wildman–Crippen MR) is 86.6 cm³/mol. The summed E-state index contributed by atoms with van der Waals surface area (Å²) in [4.78, 5) is 2.43. The van der Waals surface area contributed by atoms with E-state index in [2.05, 4.69) is 28.4 Å². The average Bonchev–Trinajstić information content (AvgIpc) is 3.03. The van der Waals surface area contributed by atoms with Crippen LogP contribution in [0.1, 0.15) is 18.4 Å². The minimum absolute atomic E-state index is 0.146. The Morgan fingerprint density at radius 3 is 2.62 bits per heavy atom. The summed E-state index contributed by atoms with van der Waals surface area (Å²) < 4.78 is 13.2. The Hall–Kier alpha value is -1.74. The van der Waals surface area contributed by atoms with Crippen molar-refractivity contribution in [3.63, 3.8) is 0 Å². The average molecular weight is 305 g/mol. The molecule has 0 atom stereocenters. The van der Waals surface area contributed by atoms with Crippen molar-refractivity contribution >= 4 is 23.0 Å². The fourth-order valence-corrected chi connectivity index (χ4v) is 2.91. The van der Waals surface area contributed by atoms with Crippen LogP contribution in [-0.2, 0) is 6.54 Å². The fourth-order valence-electron chi connectivity index (χ4n) is 2.73. The van der Waals surface area contributed by atoms with Crippen molar-refractivity contribution in [3.05, 3.63) is 58.9 Å². The Kier molecular flexibility index (Phi) is 4.30. The maximum Gasteiger partial charge on any atom is 0.141 e. The molecule has 1 aliphatic rings. The van der Waals surface area contributed by atoms with Crippen molar-refractivity contribution < 1.29 is 4.39 Å². The van der Waals surface area contributed by atoms with Gasteiger partial charge in [-0.3, -0.25) is 0 Å². The van der Waals surface area contributed by atoms with Gasteiger partial charge in [-0.15, -0.1) is 0 Å². The quantitative estimate of drug-likeness (QED) is 0.881. The summed E-state index contributed by atoms with van der Waals surface area (Å²) in [5.74, 6) is -0.389. The molecule has 0 saturated carbocycles. The highest BCUT2D eigenvalue weighted by Crippen LogP contribution is 2.26. The van der Waals surface area contributed by atoms with Crippen molar-refractivity contribution in [1.82, 2.24) is 0 Å². The van der Waals surface area contributed by atoms with Crippen molar-refractivity contribution in [2.24, 2.45) is 0 Å². The normalized spacial score (nSPS) is 14.5. The van der Waals surface area contributed by atoms with E-state index in [1.165, 1.54) is 30.2 Å². The summed E-state index contributed by atoms with van der Waals surface area (Å²) in [5.41, 5.74) is 3.37. The highest BCUT2D eigenvalue weighted by atomic mass is 35.5. The van der Waals surface area contributed by atoms with Crippen LogP contribution in [0.15, 0.2) is 42.5 Å². The van der Waals surface area contributed by atoms with E-state index in [4.69, 9.17) is 11.6 Å². The molecule has 3 rings (SSSR count). The fraction of sp³-hybridized carbons (Fsp3) is 0.294. The van der Waals surface area contributed by atoms with E-state index in [0.717, 1.165) is 18.8 Å². The Morgan fingerprint density at radius 2 is 1.86 bits per heavy atom. The minimum atomic E-state index is -0.389. The monoisotopic (exact) mass is 304 g/mol. The van der Waals surface area contributed by atoms with E-state index in [-0.39, 0.29) is 10.8 Å². The van der Waals surface area contributed by atoms with Gasteiger partial charge in [0, 0.05) is 31.0 Å². The lowest BCUT2D eigenvalue weighted by atomic mass is 10.1. The largest absolute Gasteiger partial charge is 0.381 e. The first-order chi connectivity index (χ1) is 10.2. The van der Waals surface area contributed by atoms with E-state index in [9.17, 15) is 4.39 Å². The third-order valence-corrected chi connectivity index (χ3v) is 4.13. The summed E-state index contributed by atoms with van der Waals surface area (Å²) in [6.45, 7) is 2.95. The van der Waals surface area contributed by atoms with Crippen LogP contribution >= 0.6 is 11.6 Å². The molecule has 0 amide bonds. The lowest BCUT2D eigenvalue weighted by Crippen LogP contribution is -2.19. The van der Waals surface area contributed by atoms with E-state index in [1.807, 2.05) is 6.07 Å². The van der Waals surface area contributed by atoms with Crippen LogP contribution in [-0.4, -0.2) is 13.1 Å². The number of halogens is 2. The molecule has 0 spiro atoms. The van der Waals surface area contributed by atoms with E-state index in [1.54, 1.807) is 12.1 Å². The van der Waals surface area contributed by atoms with Crippen LogP contribution in [0.4, 0.5) is 15.8 Å². The Bertz CT molecular complexity index is 624. The summed E-state index contributed by atoms with van der Waals surface area (Å²) in [6, 6.07) is 13.1. The first-order valence-electron chi connectivity index (χ1n) is 7.26. The first kappa shape index (κ1) is 14.2. The Balaban J connectivity index is 1.74. The van der Waals surface area contributed by atoms with Crippen LogP contribution in [0.3, 0.4) is 0 Å². The molecular weight excluding hydrogens is 287 g/mol.